The predicted octanol–water partition coefficient (Wildman–Crippen LogP) is 2.68. The van der Waals surface area contributed by atoms with Gasteiger partial charge in [0.25, 0.3) is 5.91 Å². The Balaban J connectivity index is 1.40. The van der Waals surface area contributed by atoms with Crippen LogP contribution in [0.1, 0.15) is 28.9 Å². The molecule has 0 bridgehead atoms. The molecule has 0 spiro atoms. The summed E-state index contributed by atoms with van der Waals surface area (Å²) < 4.78 is 1.72. The van der Waals surface area contributed by atoms with Crippen molar-refractivity contribution in [1.82, 2.24) is 29.8 Å². The lowest BCUT2D eigenvalue weighted by molar-refractivity contribution is 0.102. The number of nitrogens with one attached hydrogen (secondary N) is 2. The van der Waals surface area contributed by atoms with E-state index in [1.165, 1.54) is 12.8 Å². The molecule has 0 saturated carbocycles. The number of hydrogen-bond acceptors (Lipinski definition) is 6. The molecule has 29 heavy (non-hydrogen) atoms. The van der Waals surface area contributed by atoms with Crippen molar-refractivity contribution in [2.75, 3.05) is 23.3 Å². The zero-order valence-electron chi connectivity index (χ0n) is 16.0. The van der Waals surface area contributed by atoms with Crippen LogP contribution in [0.4, 0.5) is 11.6 Å². The number of carbonyl (C=O) groups is 1. The molecule has 0 atom stereocenters. The number of pyridine rings is 2. The van der Waals surface area contributed by atoms with Crippen LogP contribution in [-0.4, -0.2) is 48.8 Å². The molecule has 5 rings (SSSR count). The minimum atomic E-state index is -0.288. The summed E-state index contributed by atoms with van der Waals surface area (Å²) in [6.07, 6.45) is 7.46. The molecule has 0 unspecified atom stereocenters. The van der Waals surface area contributed by atoms with Gasteiger partial charge < -0.3 is 10.2 Å². The number of anilines is 2. The standard InChI is InChI=1S/C20H20N8O/c1-13-4-6-21-16(10-13)15-12-22-25-18(15)19(29)23-14-5-9-28-17(11-14)24-20(26-28)27-7-2-3-8-27/h4-6,9-12H,2-3,7-8H2,1H3,(H,22,25)(H,23,29). The maximum Gasteiger partial charge on any atom is 0.274 e. The zero-order chi connectivity index (χ0) is 19.8. The molecule has 9 heteroatoms. The fraction of sp³-hybridized carbons (Fsp3) is 0.250. The number of aryl methyl sites for hydroxylation is 1. The summed E-state index contributed by atoms with van der Waals surface area (Å²) >= 11 is 0. The van der Waals surface area contributed by atoms with E-state index >= 15 is 0 Å². The molecule has 0 aromatic carbocycles. The van der Waals surface area contributed by atoms with Gasteiger partial charge in [0.05, 0.1) is 17.5 Å². The monoisotopic (exact) mass is 388 g/mol. The van der Waals surface area contributed by atoms with Gasteiger partial charge in [0, 0.05) is 37.2 Å². The van der Waals surface area contributed by atoms with Crippen molar-refractivity contribution in [1.29, 1.82) is 0 Å². The van der Waals surface area contributed by atoms with Crippen LogP contribution in [0.2, 0.25) is 0 Å². The normalized spacial score (nSPS) is 13.9. The first kappa shape index (κ1) is 17.4. The highest BCUT2D eigenvalue weighted by molar-refractivity contribution is 6.07. The lowest BCUT2D eigenvalue weighted by Gasteiger charge is -2.10. The summed E-state index contributed by atoms with van der Waals surface area (Å²) in [4.78, 5) is 24.0. The number of H-pyrrole nitrogens is 1. The van der Waals surface area contributed by atoms with Gasteiger partial charge in [0.2, 0.25) is 5.95 Å². The van der Waals surface area contributed by atoms with Gasteiger partial charge in [0.1, 0.15) is 5.69 Å². The number of aromatic nitrogens is 6. The van der Waals surface area contributed by atoms with Gasteiger partial charge in [0.15, 0.2) is 5.65 Å². The maximum absolute atomic E-state index is 12.8. The van der Waals surface area contributed by atoms with Gasteiger partial charge in [-0.05, 0) is 43.5 Å². The largest absolute Gasteiger partial charge is 0.340 e. The van der Waals surface area contributed by atoms with Crippen LogP contribution >= 0.6 is 0 Å². The van der Waals surface area contributed by atoms with Crippen LogP contribution in [0.3, 0.4) is 0 Å². The Labute approximate surface area is 166 Å². The number of nitrogens with zero attached hydrogens (tertiary/aromatic N) is 6. The van der Waals surface area contributed by atoms with Crippen molar-refractivity contribution < 1.29 is 4.79 Å². The third kappa shape index (κ3) is 3.31. The van der Waals surface area contributed by atoms with E-state index in [4.69, 9.17) is 0 Å². The smallest absolute Gasteiger partial charge is 0.274 e. The summed E-state index contributed by atoms with van der Waals surface area (Å²) in [5.74, 6) is 0.441. The van der Waals surface area contributed by atoms with Crippen LogP contribution in [0, 0.1) is 6.92 Å². The van der Waals surface area contributed by atoms with Crippen LogP contribution in [0.25, 0.3) is 16.9 Å². The molecule has 1 aliphatic heterocycles. The molecule has 1 saturated heterocycles. The summed E-state index contributed by atoms with van der Waals surface area (Å²) in [7, 11) is 0. The first-order valence-electron chi connectivity index (χ1n) is 9.56. The Morgan fingerprint density at radius 2 is 2.07 bits per heavy atom. The molecule has 1 amide bonds. The number of carbonyl (C=O) groups excluding carboxylic acids is 1. The topological polar surface area (TPSA) is 104 Å². The van der Waals surface area contributed by atoms with E-state index < -0.39 is 0 Å². The van der Waals surface area contributed by atoms with Crippen molar-refractivity contribution in [2.45, 2.75) is 19.8 Å². The second kappa shape index (κ2) is 7.01. The van der Waals surface area contributed by atoms with E-state index in [0.29, 0.717) is 28.3 Å². The van der Waals surface area contributed by atoms with Gasteiger partial charge in [-0.3, -0.25) is 14.9 Å². The Morgan fingerprint density at radius 1 is 1.21 bits per heavy atom. The van der Waals surface area contributed by atoms with E-state index in [2.05, 4.69) is 35.5 Å². The number of rotatable bonds is 4. The molecule has 4 aromatic heterocycles. The van der Waals surface area contributed by atoms with Crippen LogP contribution < -0.4 is 10.2 Å². The summed E-state index contributed by atoms with van der Waals surface area (Å²) in [5.41, 5.74) is 4.12. The van der Waals surface area contributed by atoms with Crippen LogP contribution in [-0.2, 0) is 0 Å². The minimum absolute atomic E-state index is 0.288. The fourth-order valence-corrected chi connectivity index (χ4v) is 3.53. The van der Waals surface area contributed by atoms with Gasteiger partial charge in [-0.1, -0.05) is 0 Å². The molecule has 1 fully saturated rings. The lowest BCUT2D eigenvalue weighted by atomic mass is 10.1. The van der Waals surface area contributed by atoms with Gasteiger partial charge >= 0.3 is 0 Å². The minimum Gasteiger partial charge on any atom is -0.340 e. The Bertz CT molecular complexity index is 1190. The third-order valence-electron chi connectivity index (χ3n) is 5.03. The average molecular weight is 388 g/mol. The van der Waals surface area contributed by atoms with Crippen molar-refractivity contribution in [3.63, 3.8) is 0 Å². The van der Waals surface area contributed by atoms with Crippen molar-refractivity contribution in [2.24, 2.45) is 0 Å². The number of fused-ring (bicyclic) bond motifs is 1. The molecule has 9 nitrogen and oxygen atoms in total. The van der Waals surface area contributed by atoms with Crippen LogP contribution in [0.15, 0.2) is 42.9 Å². The number of amides is 1. The predicted molar refractivity (Wildman–Crippen MR) is 109 cm³/mol. The molecule has 146 valence electrons. The molecular weight excluding hydrogens is 368 g/mol. The summed E-state index contributed by atoms with van der Waals surface area (Å²) in [6.45, 7) is 3.95. The second-order valence-corrected chi connectivity index (χ2v) is 7.16. The first-order valence-corrected chi connectivity index (χ1v) is 9.56. The van der Waals surface area contributed by atoms with Gasteiger partial charge in [-0.2, -0.15) is 10.1 Å². The molecule has 1 aliphatic rings. The molecule has 5 heterocycles. The third-order valence-corrected chi connectivity index (χ3v) is 5.03. The molecular formula is C20H20N8O. The fourth-order valence-electron chi connectivity index (χ4n) is 3.53. The van der Waals surface area contributed by atoms with Crippen molar-refractivity contribution in [3.8, 4) is 11.3 Å². The van der Waals surface area contributed by atoms with Gasteiger partial charge in [-0.15, -0.1) is 5.10 Å². The van der Waals surface area contributed by atoms with Crippen molar-refractivity contribution >= 4 is 23.2 Å². The summed E-state index contributed by atoms with van der Waals surface area (Å²) in [5, 5.41) is 14.2. The maximum atomic E-state index is 12.8. The van der Waals surface area contributed by atoms with Gasteiger partial charge in [-0.25, -0.2) is 4.52 Å². The van der Waals surface area contributed by atoms with E-state index in [9.17, 15) is 4.79 Å². The second-order valence-electron chi connectivity index (χ2n) is 7.16. The van der Waals surface area contributed by atoms with E-state index in [1.807, 2.05) is 25.1 Å². The first-order chi connectivity index (χ1) is 14.2. The SMILES string of the molecule is Cc1ccnc(-c2cn[nH]c2C(=O)Nc2ccn3nc(N4CCCC4)nc3c2)c1. The van der Waals surface area contributed by atoms with E-state index in [-0.39, 0.29) is 5.91 Å². The molecule has 4 aromatic rings. The summed E-state index contributed by atoms with van der Waals surface area (Å²) in [6, 6.07) is 7.44. The number of aromatic amines is 1. The van der Waals surface area contributed by atoms with Crippen molar-refractivity contribution in [3.05, 3.63) is 54.1 Å². The van der Waals surface area contributed by atoms with E-state index in [0.717, 1.165) is 24.6 Å². The van der Waals surface area contributed by atoms with Crippen LogP contribution in [0.5, 0.6) is 0 Å². The Morgan fingerprint density at radius 3 is 2.90 bits per heavy atom. The highest BCUT2D eigenvalue weighted by Crippen LogP contribution is 2.22. The Hall–Kier alpha value is -3.75. The quantitative estimate of drug-likeness (QED) is 0.557. The molecule has 2 N–H and O–H groups in total. The zero-order valence-corrected chi connectivity index (χ0v) is 16.0. The molecule has 0 aliphatic carbocycles. The molecule has 0 radical (unpaired) electrons. The lowest BCUT2D eigenvalue weighted by Crippen LogP contribution is -2.19. The Kier molecular flexibility index (Phi) is 4.19. The highest BCUT2D eigenvalue weighted by Gasteiger charge is 2.19. The number of hydrogen-bond donors (Lipinski definition) is 2. The van der Waals surface area contributed by atoms with E-state index in [1.54, 1.807) is 29.2 Å². The highest BCUT2D eigenvalue weighted by atomic mass is 16.1. The average Bonchev–Trinajstić information content (AvgIpc) is 3.46.